The number of hydrogen-bond acceptors (Lipinski definition) is 5. The molecule has 1 aromatic carbocycles. The van der Waals surface area contributed by atoms with Gasteiger partial charge in [-0.15, -0.1) is 24.0 Å². The van der Waals surface area contributed by atoms with Gasteiger partial charge in [0.25, 0.3) is 0 Å². The van der Waals surface area contributed by atoms with Gasteiger partial charge in [0, 0.05) is 50.5 Å². The highest BCUT2D eigenvalue weighted by Crippen LogP contribution is 2.34. The Morgan fingerprint density at radius 2 is 1.67 bits per heavy atom. The van der Waals surface area contributed by atoms with Crippen LogP contribution in [-0.2, 0) is 11.2 Å². The van der Waals surface area contributed by atoms with Crippen molar-refractivity contribution in [1.29, 1.82) is 0 Å². The predicted molar refractivity (Wildman–Crippen MR) is 120 cm³/mol. The molecule has 0 aliphatic carbocycles. The van der Waals surface area contributed by atoms with Crippen LogP contribution in [0.25, 0.3) is 0 Å². The van der Waals surface area contributed by atoms with Crippen molar-refractivity contribution >= 4 is 29.9 Å². The van der Waals surface area contributed by atoms with E-state index in [2.05, 4.69) is 15.6 Å². The van der Waals surface area contributed by atoms with Gasteiger partial charge in [-0.2, -0.15) is 0 Å². The summed E-state index contributed by atoms with van der Waals surface area (Å²) >= 11 is 0. The highest BCUT2D eigenvalue weighted by Gasteiger charge is 2.13. The van der Waals surface area contributed by atoms with E-state index in [-0.39, 0.29) is 24.0 Å². The quantitative estimate of drug-likeness (QED) is 0.201. The number of aliphatic imine (C=N–C) groups is 1. The van der Waals surface area contributed by atoms with E-state index < -0.39 is 0 Å². The predicted octanol–water partition coefficient (Wildman–Crippen LogP) is 2.85. The molecular weight excluding hydrogens is 461 g/mol. The summed E-state index contributed by atoms with van der Waals surface area (Å²) in [5.41, 5.74) is 0.996. The van der Waals surface area contributed by atoms with Gasteiger partial charge in [0.05, 0.1) is 21.3 Å². The number of ether oxygens (including phenoxy) is 4. The Hall–Kier alpha value is -1.42. The van der Waals surface area contributed by atoms with Crippen molar-refractivity contribution in [3.8, 4) is 17.2 Å². The second-order valence-electron chi connectivity index (χ2n) is 5.50. The minimum atomic E-state index is 0. The summed E-state index contributed by atoms with van der Waals surface area (Å²) in [6, 6.07) is 3.73. The first kappa shape index (κ1) is 25.6. The molecule has 0 fully saturated rings. The van der Waals surface area contributed by atoms with Crippen LogP contribution in [0.4, 0.5) is 0 Å². The van der Waals surface area contributed by atoms with Gasteiger partial charge >= 0.3 is 0 Å². The van der Waals surface area contributed by atoms with E-state index in [1.807, 2.05) is 26.0 Å². The van der Waals surface area contributed by atoms with E-state index in [1.165, 1.54) is 0 Å². The number of hydrogen-bond donors (Lipinski definition) is 2. The lowest BCUT2D eigenvalue weighted by molar-refractivity contribution is 0.146. The first-order valence-corrected chi connectivity index (χ1v) is 9.08. The molecule has 0 saturated heterocycles. The van der Waals surface area contributed by atoms with Gasteiger partial charge in [0.15, 0.2) is 5.96 Å². The monoisotopic (exact) mass is 495 g/mol. The zero-order valence-corrected chi connectivity index (χ0v) is 19.4. The summed E-state index contributed by atoms with van der Waals surface area (Å²) in [6.45, 7) is 7.77. The molecule has 0 amide bonds. The normalized spacial score (nSPS) is 10.8. The van der Waals surface area contributed by atoms with Gasteiger partial charge in [0.2, 0.25) is 0 Å². The Morgan fingerprint density at radius 3 is 2.19 bits per heavy atom. The number of halogens is 1. The van der Waals surface area contributed by atoms with Crippen LogP contribution in [0.1, 0.15) is 25.8 Å². The fraction of sp³-hybridized carbons (Fsp3) is 0.632. The van der Waals surface area contributed by atoms with Gasteiger partial charge in [0.1, 0.15) is 17.2 Å². The third kappa shape index (κ3) is 9.37. The number of nitrogens with one attached hydrogen (secondary N) is 2. The Labute approximate surface area is 180 Å². The van der Waals surface area contributed by atoms with Crippen molar-refractivity contribution in [3.05, 3.63) is 17.7 Å². The smallest absolute Gasteiger partial charge is 0.191 e. The molecule has 0 aliphatic rings. The Morgan fingerprint density at radius 1 is 1.00 bits per heavy atom. The van der Waals surface area contributed by atoms with Crippen LogP contribution in [0.5, 0.6) is 17.2 Å². The van der Waals surface area contributed by atoms with Crippen molar-refractivity contribution < 1.29 is 18.9 Å². The molecule has 0 atom stereocenters. The molecule has 1 aromatic rings. The molecule has 156 valence electrons. The van der Waals surface area contributed by atoms with Crippen molar-refractivity contribution in [2.24, 2.45) is 4.99 Å². The van der Waals surface area contributed by atoms with Crippen LogP contribution in [0.2, 0.25) is 0 Å². The number of rotatable bonds is 12. The number of guanidine groups is 1. The van der Waals surface area contributed by atoms with E-state index in [4.69, 9.17) is 18.9 Å². The third-order valence-corrected chi connectivity index (χ3v) is 3.75. The summed E-state index contributed by atoms with van der Waals surface area (Å²) in [5.74, 6) is 3.01. The summed E-state index contributed by atoms with van der Waals surface area (Å²) in [6.07, 6.45) is 1.64. The largest absolute Gasteiger partial charge is 0.496 e. The summed E-state index contributed by atoms with van der Waals surface area (Å²) in [7, 11) is 4.92. The van der Waals surface area contributed by atoms with E-state index in [9.17, 15) is 0 Å². The lowest BCUT2D eigenvalue weighted by atomic mass is 10.1. The average molecular weight is 495 g/mol. The topological polar surface area (TPSA) is 73.3 Å². The van der Waals surface area contributed by atoms with E-state index in [1.54, 1.807) is 21.3 Å². The number of benzene rings is 1. The van der Waals surface area contributed by atoms with E-state index in [0.717, 1.165) is 62.2 Å². The molecule has 8 heteroatoms. The number of methoxy groups -OCH3 is 3. The summed E-state index contributed by atoms with van der Waals surface area (Å²) in [4.78, 5) is 4.56. The van der Waals surface area contributed by atoms with Crippen molar-refractivity contribution in [3.63, 3.8) is 0 Å². The Kier molecular flexibility index (Phi) is 14.8. The van der Waals surface area contributed by atoms with Crippen molar-refractivity contribution in [1.82, 2.24) is 10.6 Å². The summed E-state index contributed by atoms with van der Waals surface area (Å²) < 4.78 is 21.6. The fourth-order valence-corrected chi connectivity index (χ4v) is 2.47. The lowest BCUT2D eigenvalue weighted by Crippen LogP contribution is -2.38. The highest BCUT2D eigenvalue weighted by atomic mass is 127. The van der Waals surface area contributed by atoms with Crippen LogP contribution >= 0.6 is 24.0 Å². The molecular formula is C19H34IN3O4. The Bertz CT molecular complexity index is 531. The molecule has 0 radical (unpaired) electrons. The van der Waals surface area contributed by atoms with Crippen LogP contribution in [0, 0.1) is 0 Å². The maximum absolute atomic E-state index is 5.49. The first-order chi connectivity index (χ1) is 12.7. The molecule has 0 aliphatic heterocycles. The fourth-order valence-electron chi connectivity index (χ4n) is 2.47. The van der Waals surface area contributed by atoms with Gasteiger partial charge in [-0.25, -0.2) is 0 Å². The highest BCUT2D eigenvalue weighted by molar-refractivity contribution is 14.0. The van der Waals surface area contributed by atoms with Crippen molar-refractivity contribution in [2.75, 3.05) is 54.2 Å². The second-order valence-corrected chi connectivity index (χ2v) is 5.50. The van der Waals surface area contributed by atoms with Gasteiger partial charge in [-0.05, 0) is 26.7 Å². The van der Waals surface area contributed by atoms with Crippen LogP contribution in [-0.4, -0.2) is 60.1 Å². The standard InChI is InChI=1S/C19H33N3O4.HI/c1-6-20-19(21-10-8-12-26-7-2)22-11-9-16-17(24-4)13-15(23-3)14-18(16)25-5;/h13-14H,6-12H2,1-5H3,(H2,20,21,22);1H. The van der Waals surface area contributed by atoms with Gasteiger partial charge in [-0.3, -0.25) is 4.99 Å². The minimum Gasteiger partial charge on any atom is -0.496 e. The zero-order chi connectivity index (χ0) is 19.2. The molecule has 0 bridgehead atoms. The molecule has 1 rings (SSSR count). The minimum absolute atomic E-state index is 0. The van der Waals surface area contributed by atoms with Crippen molar-refractivity contribution in [2.45, 2.75) is 26.7 Å². The molecule has 0 saturated carbocycles. The first-order valence-electron chi connectivity index (χ1n) is 9.08. The number of nitrogens with zero attached hydrogens (tertiary/aromatic N) is 1. The maximum Gasteiger partial charge on any atom is 0.191 e. The molecule has 0 spiro atoms. The molecule has 7 nitrogen and oxygen atoms in total. The SMILES string of the molecule is CCNC(=NCCCOCC)NCCc1c(OC)cc(OC)cc1OC.I. The summed E-state index contributed by atoms with van der Waals surface area (Å²) in [5, 5.41) is 6.60. The van der Waals surface area contributed by atoms with Gasteiger partial charge < -0.3 is 29.6 Å². The third-order valence-electron chi connectivity index (χ3n) is 3.75. The second kappa shape index (κ2) is 15.6. The zero-order valence-electron chi connectivity index (χ0n) is 17.1. The van der Waals surface area contributed by atoms with Crippen LogP contribution in [0.3, 0.4) is 0 Å². The molecule has 0 heterocycles. The molecule has 0 unspecified atom stereocenters. The van der Waals surface area contributed by atoms with Crippen LogP contribution < -0.4 is 24.8 Å². The maximum atomic E-state index is 5.49. The van der Waals surface area contributed by atoms with Crippen LogP contribution in [0.15, 0.2) is 17.1 Å². The van der Waals surface area contributed by atoms with Gasteiger partial charge in [-0.1, -0.05) is 0 Å². The molecule has 0 aromatic heterocycles. The van der Waals surface area contributed by atoms with E-state index >= 15 is 0 Å². The lowest BCUT2D eigenvalue weighted by Gasteiger charge is -2.16. The molecule has 2 N–H and O–H groups in total. The average Bonchev–Trinajstić information content (AvgIpc) is 2.67. The Balaban J connectivity index is 0.00000676. The van der Waals surface area contributed by atoms with E-state index in [0.29, 0.717) is 12.3 Å². The molecule has 27 heavy (non-hydrogen) atoms.